The fraction of sp³-hybridized carbons (Fsp3) is 0.750. The molecule has 68 valence electrons. The summed E-state index contributed by atoms with van der Waals surface area (Å²) in [5.74, 6) is -1.44. The van der Waals surface area contributed by atoms with Crippen molar-refractivity contribution in [2.45, 2.75) is 19.3 Å². The number of rotatable bonds is 3. The van der Waals surface area contributed by atoms with Crippen molar-refractivity contribution in [2.75, 3.05) is 7.11 Å². The number of hydrogen-bond acceptors (Lipinski definition) is 3. The molecule has 0 radical (unpaired) electrons. The molecule has 0 heterocycles. The van der Waals surface area contributed by atoms with Gasteiger partial charge in [0.15, 0.2) is 0 Å². The van der Waals surface area contributed by atoms with E-state index < -0.39 is 5.97 Å². The zero-order chi connectivity index (χ0) is 9.14. The van der Waals surface area contributed by atoms with Gasteiger partial charge < -0.3 is 9.84 Å². The lowest BCUT2D eigenvalue weighted by atomic mass is 9.72. The lowest BCUT2D eigenvalue weighted by molar-refractivity contribution is -0.151. The first-order valence-corrected chi connectivity index (χ1v) is 3.94. The van der Waals surface area contributed by atoms with E-state index in [1.54, 1.807) is 0 Å². The van der Waals surface area contributed by atoms with Gasteiger partial charge in [-0.05, 0) is 18.8 Å². The average molecular weight is 172 g/mol. The molecule has 0 aromatic heterocycles. The predicted molar refractivity (Wildman–Crippen MR) is 40.5 cm³/mol. The van der Waals surface area contributed by atoms with Crippen LogP contribution in [0.15, 0.2) is 0 Å². The minimum absolute atomic E-state index is 0.00468. The van der Waals surface area contributed by atoms with Crippen LogP contribution in [0.1, 0.15) is 19.3 Å². The normalized spacial score (nSPS) is 27.4. The van der Waals surface area contributed by atoms with E-state index in [1.165, 1.54) is 7.11 Å². The van der Waals surface area contributed by atoms with Gasteiger partial charge in [-0.1, -0.05) is 0 Å². The highest BCUT2D eigenvalue weighted by Gasteiger charge is 2.37. The lowest BCUT2D eigenvalue weighted by Crippen LogP contribution is -2.34. The molecule has 12 heavy (non-hydrogen) atoms. The van der Waals surface area contributed by atoms with E-state index in [0.717, 1.165) is 6.42 Å². The molecule has 4 heteroatoms. The van der Waals surface area contributed by atoms with Crippen molar-refractivity contribution in [1.82, 2.24) is 0 Å². The van der Waals surface area contributed by atoms with Gasteiger partial charge in [-0.25, -0.2) is 0 Å². The minimum Gasteiger partial charge on any atom is -0.481 e. The van der Waals surface area contributed by atoms with Crippen LogP contribution in [0, 0.1) is 11.8 Å². The molecule has 0 aromatic rings. The molecule has 0 aliphatic heterocycles. The van der Waals surface area contributed by atoms with E-state index in [1.807, 2.05) is 0 Å². The molecule has 1 rings (SSSR count). The Kier molecular flexibility index (Phi) is 2.68. The molecule has 0 aromatic carbocycles. The molecule has 4 nitrogen and oxygen atoms in total. The summed E-state index contributed by atoms with van der Waals surface area (Å²) >= 11 is 0. The van der Waals surface area contributed by atoms with Crippen molar-refractivity contribution in [2.24, 2.45) is 11.8 Å². The van der Waals surface area contributed by atoms with Crippen molar-refractivity contribution < 1.29 is 19.4 Å². The van der Waals surface area contributed by atoms with Crippen LogP contribution in [0.4, 0.5) is 0 Å². The first-order chi connectivity index (χ1) is 5.65. The third kappa shape index (κ3) is 1.75. The van der Waals surface area contributed by atoms with E-state index in [9.17, 15) is 9.59 Å². The van der Waals surface area contributed by atoms with E-state index in [-0.39, 0.29) is 24.2 Å². The molecule has 0 saturated heterocycles. The molecule has 1 fully saturated rings. The SMILES string of the molecule is COC(=O)C[C@H]1CC[C@H]1C(=O)O. The van der Waals surface area contributed by atoms with Crippen molar-refractivity contribution in [1.29, 1.82) is 0 Å². The summed E-state index contributed by atoms with van der Waals surface area (Å²) in [5.41, 5.74) is 0. The fourth-order valence-corrected chi connectivity index (χ4v) is 1.44. The molecule has 0 spiro atoms. The quantitative estimate of drug-likeness (QED) is 0.635. The monoisotopic (exact) mass is 172 g/mol. The number of methoxy groups -OCH3 is 1. The van der Waals surface area contributed by atoms with Gasteiger partial charge in [0.2, 0.25) is 0 Å². The van der Waals surface area contributed by atoms with Crippen molar-refractivity contribution in [3.63, 3.8) is 0 Å². The molecule has 1 N–H and O–H groups in total. The summed E-state index contributed by atoms with van der Waals surface area (Å²) < 4.78 is 4.45. The Morgan fingerprint density at radius 2 is 2.17 bits per heavy atom. The van der Waals surface area contributed by atoms with Gasteiger partial charge in [0.1, 0.15) is 0 Å². The van der Waals surface area contributed by atoms with Gasteiger partial charge in [0, 0.05) is 6.42 Å². The van der Waals surface area contributed by atoms with Gasteiger partial charge in [0.05, 0.1) is 13.0 Å². The summed E-state index contributed by atoms with van der Waals surface area (Å²) in [6.45, 7) is 0. The summed E-state index contributed by atoms with van der Waals surface area (Å²) in [5, 5.41) is 8.64. The number of carboxylic acids is 1. The zero-order valence-corrected chi connectivity index (χ0v) is 6.95. The molecule has 1 aliphatic carbocycles. The number of carbonyl (C=O) groups is 2. The van der Waals surface area contributed by atoms with Crippen molar-refractivity contribution in [3.8, 4) is 0 Å². The number of esters is 1. The Balaban J connectivity index is 2.34. The molecular weight excluding hydrogens is 160 g/mol. The van der Waals surface area contributed by atoms with Gasteiger partial charge in [0.25, 0.3) is 0 Å². The third-order valence-electron chi connectivity index (χ3n) is 2.39. The highest BCUT2D eigenvalue weighted by molar-refractivity contribution is 5.74. The number of carboxylic acid groups (broad SMARTS) is 1. The third-order valence-corrected chi connectivity index (χ3v) is 2.39. The number of aliphatic carboxylic acids is 1. The molecule has 0 amide bonds. The largest absolute Gasteiger partial charge is 0.481 e. The second kappa shape index (κ2) is 3.56. The summed E-state index contributed by atoms with van der Waals surface area (Å²) in [6.07, 6.45) is 1.76. The molecule has 0 unspecified atom stereocenters. The average Bonchev–Trinajstić information content (AvgIpc) is 1.96. The maximum atomic E-state index is 10.8. The highest BCUT2D eigenvalue weighted by Crippen LogP contribution is 2.36. The van der Waals surface area contributed by atoms with Gasteiger partial charge in [-0.2, -0.15) is 0 Å². The minimum atomic E-state index is -0.796. The van der Waals surface area contributed by atoms with Crippen LogP contribution in [-0.2, 0) is 14.3 Å². The van der Waals surface area contributed by atoms with Crippen LogP contribution < -0.4 is 0 Å². The zero-order valence-electron chi connectivity index (χ0n) is 6.95. The van der Waals surface area contributed by atoms with Crippen LogP contribution in [0.25, 0.3) is 0 Å². The Morgan fingerprint density at radius 1 is 1.50 bits per heavy atom. The second-order valence-corrected chi connectivity index (χ2v) is 3.06. The Morgan fingerprint density at radius 3 is 2.50 bits per heavy atom. The fourth-order valence-electron chi connectivity index (χ4n) is 1.44. The first kappa shape index (κ1) is 9.03. The second-order valence-electron chi connectivity index (χ2n) is 3.06. The highest BCUT2D eigenvalue weighted by atomic mass is 16.5. The Labute approximate surface area is 70.5 Å². The van der Waals surface area contributed by atoms with E-state index in [0.29, 0.717) is 6.42 Å². The van der Waals surface area contributed by atoms with Crippen LogP contribution in [-0.4, -0.2) is 24.2 Å². The first-order valence-electron chi connectivity index (χ1n) is 3.94. The lowest BCUT2D eigenvalue weighted by Gasteiger charge is -2.32. The summed E-state index contributed by atoms with van der Waals surface area (Å²) in [6, 6.07) is 0. The van der Waals surface area contributed by atoms with E-state index in [2.05, 4.69) is 4.74 Å². The standard InChI is InChI=1S/C8H12O4/c1-12-7(9)4-5-2-3-6(5)8(10)11/h5-6H,2-4H2,1H3,(H,10,11)/t5-,6-/m1/s1. The number of carbonyl (C=O) groups excluding carboxylic acids is 1. The Hall–Kier alpha value is -1.06. The van der Waals surface area contributed by atoms with E-state index in [4.69, 9.17) is 5.11 Å². The van der Waals surface area contributed by atoms with Crippen LogP contribution in [0.2, 0.25) is 0 Å². The smallest absolute Gasteiger partial charge is 0.306 e. The topological polar surface area (TPSA) is 63.6 Å². The number of ether oxygens (including phenoxy) is 1. The van der Waals surface area contributed by atoms with Crippen molar-refractivity contribution in [3.05, 3.63) is 0 Å². The maximum Gasteiger partial charge on any atom is 0.306 e. The molecule has 1 saturated carbocycles. The Bertz CT molecular complexity index is 199. The predicted octanol–water partition coefficient (Wildman–Crippen LogP) is 0.660. The maximum absolute atomic E-state index is 10.8. The van der Waals surface area contributed by atoms with Crippen LogP contribution in [0.5, 0.6) is 0 Å². The van der Waals surface area contributed by atoms with Gasteiger partial charge >= 0.3 is 11.9 Å². The molecule has 2 atom stereocenters. The van der Waals surface area contributed by atoms with Crippen LogP contribution in [0.3, 0.4) is 0 Å². The molecular formula is C8H12O4. The van der Waals surface area contributed by atoms with Gasteiger partial charge in [-0.15, -0.1) is 0 Å². The summed E-state index contributed by atoms with van der Waals surface area (Å²) in [7, 11) is 1.32. The summed E-state index contributed by atoms with van der Waals surface area (Å²) in [4.78, 5) is 21.3. The van der Waals surface area contributed by atoms with Crippen molar-refractivity contribution >= 4 is 11.9 Å². The van der Waals surface area contributed by atoms with Crippen LogP contribution >= 0.6 is 0 Å². The molecule has 0 bridgehead atoms. The van der Waals surface area contributed by atoms with E-state index >= 15 is 0 Å². The number of hydrogen-bond donors (Lipinski definition) is 1. The van der Waals surface area contributed by atoms with Gasteiger partial charge in [-0.3, -0.25) is 9.59 Å². The molecule has 1 aliphatic rings.